The van der Waals surface area contributed by atoms with Gasteiger partial charge >= 0.3 is 11.9 Å². The Labute approximate surface area is 195 Å². The van der Waals surface area contributed by atoms with Crippen LogP contribution in [0.2, 0.25) is 0 Å². The molecule has 5 amide bonds. The lowest BCUT2D eigenvalue weighted by atomic mass is 10.0. The Morgan fingerprint density at radius 3 is 1.68 bits per heavy atom. The fourth-order valence-corrected chi connectivity index (χ4v) is 2.76. The van der Waals surface area contributed by atoms with Gasteiger partial charge in [0, 0.05) is 6.42 Å². The first-order chi connectivity index (χ1) is 15.6. The number of nitrogens with one attached hydrogen (secondary N) is 3. The molecular weight excluding hydrogens is 456 g/mol. The number of carboxylic acid groups (broad SMARTS) is 2. The topological polar surface area (TPSA) is 274 Å². The summed E-state index contributed by atoms with van der Waals surface area (Å²) in [6, 6.07) is -5.90. The number of amides is 5. The number of hydrogen-bond donors (Lipinski definition) is 8. The molecule has 0 rings (SSSR count). The Morgan fingerprint density at radius 1 is 0.735 bits per heavy atom. The molecule has 15 heteroatoms. The van der Waals surface area contributed by atoms with Gasteiger partial charge in [0.15, 0.2) is 0 Å². The van der Waals surface area contributed by atoms with Crippen molar-refractivity contribution in [3.63, 3.8) is 0 Å². The third-order valence-electron chi connectivity index (χ3n) is 4.40. The van der Waals surface area contributed by atoms with Crippen LogP contribution in [0.5, 0.6) is 0 Å². The van der Waals surface area contributed by atoms with Gasteiger partial charge in [0.25, 0.3) is 0 Å². The normalized spacial score (nSPS) is 14.2. The van der Waals surface area contributed by atoms with Crippen LogP contribution in [0.15, 0.2) is 0 Å². The van der Waals surface area contributed by atoms with Crippen LogP contribution in [0.25, 0.3) is 0 Å². The summed E-state index contributed by atoms with van der Waals surface area (Å²) in [4.78, 5) is 82.2. The van der Waals surface area contributed by atoms with Crippen molar-refractivity contribution in [2.45, 2.75) is 70.1 Å². The molecular formula is C19H32N6O9. The Bertz CT molecular complexity index is 801. The number of carbonyl (C=O) groups is 7. The van der Waals surface area contributed by atoms with E-state index in [9.17, 15) is 38.7 Å². The Morgan fingerprint density at radius 2 is 1.24 bits per heavy atom. The van der Waals surface area contributed by atoms with E-state index >= 15 is 0 Å². The molecule has 0 saturated heterocycles. The fraction of sp³-hybridized carbons (Fsp3) is 0.632. The van der Waals surface area contributed by atoms with Crippen LogP contribution >= 0.6 is 0 Å². The molecule has 34 heavy (non-hydrogen) atoms. The molecule has 192 valence electrons. The number of primary amides is 2. The zero-order chi connectivity index (χ0) is 26.6. The first kappa shape index (κ1) is 30.2. The number of rotatable bonds is 16. The maximum atomic E-state index is 12.7. The summed E-state index contributed by atoms with van der Waals surface area (Å²) in [6.45, 7) is 3.46. The minimum atomic E-state index is -1.60. The number of carbonyl (C=O) groups excluding carboxylic acids is 5. The molecule has 0 heterocycles. The Balaban J connectivity index is 5.60. The largest absolute Gasteiger partial charge is 0.481 e. The van der Waals surface area contributed by atoms with E-state index in [1.165, 1.54) is 0 Å². The summed E-state index contributed by atoms with van der Waals surface area (Å²) < 4.78 is 0. The van der Waals surface area contributed by atoms with E-state index in [0.717, 1.165) is 0 Å². The van der Waals surface area contributed by atoms with Crippen LogP contribution in [-0.2, 0) is 33.6 Å². The summed E-state index contributed by atoms with van der Waals surface area (Å²) in [5.74, 6) is -7.67. The quantitative estimate of drug-likeness (QED) is 0.106. The SMILES string of the molecule is CC(C)CC(NC(=O)C(CC(N)=O)NC(=O)C(CCC(N)=O)NC(=O)C(N)CC(=O)O)C(=O)O. The third-order valence-corrected chi connectivity index (χ3v) is 4.40. The number of nitrogens with two attached hydrogens (primary N) is 3. The molecule has 0 radical (unpaired) electrons. The fourth-order valence-electron chi connectivity index (χ4n) is 2.76. The van der Waals surface area contributed by atoms with Crippen molar-refractivity contribution in [2.75, 3.05) is 0 Å². The highest BCUT2D eigenvalue weighted by molar-refractivity contribution is 5.96. The van der Waals surface area contributed by atoms with Gasteiger partial charge in [0.2, 0.25) is 29.5 Å². The molecule has 0 aliphatic carbocycles. The van der Waals surface area contributed by atoms with Gasteiger partial charge in [-0.2, -0.15) is 0 Å². The molecule has 0 aliphatic rings. The first-order valence-corrected chi connectivity index (χ1v) is 10.3. The van der Waals surface area contributed by atoms with Crippen molar-refractivity contribution in [1.82, 2.24) is 16.0 Å². The summed E-state index contributed by atoms with van der Waals surface area (Å²) in [7, 11) is 0. The van der Waals surface area contributed by atoms with Crippen LogP contribution in [0.4, 0.5) is 0 Å². The van der Waals surface area contributed by atoms with Crippen LogP contribution < -0.4 is 33.2 Å². The second-order valence-electron chi connectivity index (χ2n) is 8.03. The van der Waals surface area contributed by atoms with Gasteiger partial charge in [-0.25, -0.2) is 4.79 Å². The minimum absolute atomic E-state index is 0.0665. The average molecular weight is 488 g/mol. The van der Waals surface area contributed by atoms with Gasteiger partial charge in [-0.3, -0.25) is 28.8 Å². The standard InChI is InChI=1S/C19H32N6O9/c1-8(2)5-12(19(33)34)25-18(32)11(7-14(22)27)24-17(31)10(3-4-13(21)26)23-16(30)9(20)6-15(28)29/h8-12H,3-7,20H2,1-2H3,(H2,21,26)(H2,22,27)(H,23,30)(H,24,31)(H,25,32)(H,28,29)(H,33,34). The molecule has 0 aromatic rings. The highest BCUT2D eigenvalue weighted by Crippen LogP contribution is 2.07. The van der Waals surface area contributed by atoms with E-state index in [2.05, 4.69) is 16.0 Å². The predicted molar refractivity (Wildman–Crippen MR) is 115 cm³/mol. The van der Waals surface area contributed by atoms with Crippen LogP contribution in [-0.4, -0.2) is 75.9 Å². The maximum absolute atomic E-state index is 12.7. The lowest BCUT2D eigenvalue weighted by molar-refractivity contribution is -0.143. The van der Waals surface area contributed by atoms with Gasteiger partial charge in [-0.05, 0) is 18.8 Å². The summed E-state index contributed by atoms with van der Waals surface area (Å²) in [5.41, 5.74) is 15.7. The second-order valence-corrected chi connectivity index (χ2v) is 8.03. The average Bonchev–Trinajstić information content (AvgIpc) is 2.68. The molecule has 0 aromatic heterocycles. The first-order valence-electron chi connectivity index (χ1n) is 10.3. The van der Waals surface area contributed by atoms with Crippen molar-refractivity contribution in [1.29, 1.82) is 0 Å². The van der Waals surface area contributed by atoms with Gasteiger partial charge in [-0.1, -0.05) is 13.8 Å². The molecule has 0 spiro atoms. The molecule has 4 unspecified atom stereocenters. The predicted octanol–water partition coefficient (Wildman–Crippen LogP) is -3.49. The zero-order valence-electron chi connectivity index (χ0n) is 18.9. The Hall–Kier alpha value is -3.75. The van der Waals surface area contributed by atoms with Crippen molar-refractivity contribution >= 4 is 41.5 Å². The van der Waals surface area contributed by atoms with Gasteiger partial charge in [0.1, 0.15) is 18.1 Å². The molecule has 0 aliphatic heterocycles. The summed E-state index contributed by atoms with van der Waals surface area (Å²) in [6.07, 6.45) is -2.07. The van der Waals surface area contributed by atoms with Gasteiger partial charge in [0.05, 0.1) is 18.9 Å². The van der Waals surface area contributed by atoms with Crippen molar-refractivity contribution < 1.29 is 43.8 Å². The maximum Gasteiger partial charge on any atom is 0.326 e. The van der Waals surface area contributed by atoms with Crippen LogP contribution in [0.3, 0.4) is 0 Å². The van der Waals surface area contributed by atoms with Crippen molar-refractivity contribution in [3.8, 4) is 0 Å². The molecule has 4 atom stereocenters. The number of aliphatic carboxylic acids is 2. The Kier molecular flexibility index (Phi) is 12.8. The molecule has 0 aromatic carbocycles. The summed E-state index contributed by atoms with van der Waals surface area (Å²) in [5, 5.41) is 24.6. The van der Waals surface area contributed by atoms with Crippen molar-refractivity contribution in [2.24, 2.45) is 23.1 Å². The van der Waals surface area contributed by atoms with E-state index < -0.39 is 78.5 Å². The van der Waals surface area contributed by atoms with E-state index in [-0.39, 0.29) is 25.2 Å². The smallest absolute Gasteiger partial charge is 0.326 e. The van der Waals surface area contributed by atoms with E-state index in [4.69, 9.17) is 22.3 Å². The molecule has 15 nitrogen and oxygen atoms in total. The summed E-state index contributed by atoms with van der Waals surface area (Å²) >= 11 is 0. The third kappa shape index (κ3) is 12.3. The lowest BCUT2D eigenvalue weighted by Crippen LogP contribution is -2.58. The number of carboxylic acids is 2. The van der Waals surface area contributed by atoms with Crippen LogP contribution in [0, 0.1) is 5.92 Å². The second kappa shape index (κ2) is 14.4. The van der Waals surface area contributed by atoms with Gasteiger partial charge in [-0.15, -0.1) is 0 Å². The minimum Gasteiger partial charge on any atom is -0.481 e. The van der Waals surface area contributed by atoms with E-state index in [1.54, 1.807) is 13.8 Å². The highest BCUT2D eigenvalue weighted by atomic mass is 16.4. The molecule has 0 fully saturated rings. The molecule has 11 N–H and O–H groups in total. The van der Waals surface area contributed by atoms with E-state index in [0.29, 0.717) is 0 Å². The number of hydrogen-bond acceptors (Lipinski definition) is 8. The lowest BCUT2D eigenvalue weighted by Gasteiger charge is -2.25. The van der Waals surface area contributed by atoms with E-state index in [1.807, 2.05) is 0 Å². The van der Waals surface area contributed by atoms with Gasteiger partial charge < -0.3 is 43.4 Å². The van der Waals surface area contributed by atoms with Crippen LogP contribution in [0.1, 0.15) is 46.0 Å². The highest BCUT2D eigenvalue weighted by Gasteiger charge is 2.31. The molecule has 0 saturated carbocycles. The zero-order valence-corrected chi connectivity index (χ0v) is 18.9. The monoisotopic (exact) mass is 488 g/mol. The molecule has 0 bridgehead atoms. The van der Waals surface area contributed by atoms with Crippen molar-refractivity contribution in [3.05, 3.63) is 0 Å².